The largest absolute Gasteiger partial charge is 0.453 e. The molecule has 3 rings (SSSR count). The van der Waals surface area contributed by atoms with Crippen LogP contribution in [-0.2, 0) is 4.74 Å². The smallest absolute Gasteiger partial charge is 0.356 e. The van der Waals surface area contributed by atoms with Gasteiger partial charge in [-0.2, -0.15) is 5.10 Å². The van der Waals surface area contributed by atoms with Crippen LogP contribution in [0.5, 0.6) is 0 Å². The van der Waals surface area contributed by atoms with Crippen LogP contribution in [0, 0.1) is 27.7 Å². The number of H-pyrrole nitrogens is 1. The van der Waals surface area contributed by atoms with Crippen molar-refractivity contribution in [2.24, 2.45) is 0 Å². The average Bonchev–Trinajstić information content (AvgIpc) is 3.24. The highest BCUT2D eigenvalue weighted by atomic mass is 16.5. The molecule has 0 aliphatic heterocycles. The van der Waals surface area contributed by atoms with E-state index >= 15 is 0 Å². The Bertz CT molecular complexity index is 969. The lowest BCUT2D eigenvalue weighted by molar-refractivity contribution is 0.0468. The van der Waals surface area contributed by atoms with Crippen molar-refractivity contribution in [1.29, 1.82) is 0 Å². The predicted molar refractivity (Wildman–Crippen MR) is 97.9 cm³/mol. The van der Waals surface area contributed by atoms with Crippen molar-refractivity contribution < 1.29 is 14.3 Å². The third-order valence-corrected chi connectivity index (χ3v) is 4.54. The van der Waals surface area contributed by atoms with Crippen LogP contribution in [0.4, 0.5) is 0 Å². The van der Waals surface area contributed by atoms with Crippen LogP contribution >= 0.6 is 0 Å². The minimum absolute atomic E-state index is 0.221. The summed E-state index contributed by atoms with van der Waals surface area (Å²) in [6.45, 7) is 7.67. The van der Waals surface area contributed by atoms with Gasteiger partial charge in [-0.05, 0) is 63.1 Å². The van der Waals surface area contributed by atoms with E-state index in [1.54, 1.807) is 0 Å². The van der Waals surface area contributed by atoms with E-state index in [1.165, 1.54) is 23.4 Å². The molecular formula is C20H21N3O3. The molecule has 0 radical (unpaired) electrons. The molecule has 134 valence electrons. The molecule has 0 atom stereocenters. The van der Waals surface area contributed by atoms with Gasteiger partial charge in [0.25, 0.3) is 0 Å². The molecule has 0 aliphatic carbocycles. The SMILES string of the molecule is Cc1ccc(-n2c(C)cc(C(=O)COC(=O)c3ccn[nH]3)c2C)cc1C. The van der Waals surface area contributed by atoms with Gasteiger partial charge < -0.3 is 9.30 Å². The summed E-state index contributed by atoms with van der Waals surface area (Å²) in [5.74, 6) is -0.833. The first-order valence-electron chi connectivity index (χ1n) is 8.34. The first-order chi connectivity index (χ1) is 12.4. The Balaban J connectivity index is 1.81. The molecule has 6 nitrogen and oxygen atoms in total. The number of carbonyl (C=O) groups is 2. The van der Waals surface area contributed by atoms with Gasteiger partial charge in [-0.3, -0.25) is 9.89 Å². The highest BCUT2D eigenvalue weighted by Gasteiger charge is 2.19. The van der Waals surface area contributed by atoms with Gasteiger partial charge in [-0.1, -0.05) is 6.07 Å². The minimum Gasteiger partial charge on any atom is -0.453 e. The van der Waals surface area contributed by atoms with E-state index in [4.69, 9.17) is 4.74 Å². The summed E-state index contributed by atoms with van der Waals surface area (Å²) >= 11 is 0. The van der Waals surface area contributed by atoms with Gasteiger partial charge >= 0.3 is 5.97 Å². The van der Waals surface area contributed by atoms with Crippen molar-refractivity contribution in [3.63, 3.8) is 0 Å². The van der Waals surface area contributed by atoms with Gasteiger partial charge in [0.05, 0.1) is 0 Å². The van der Waals surface area contributed by atoms with Crippen LogP contribution in [0.2, 0.25) is 0 Å². The Kier molecular flexibility index (Phi) is 4.75. The fourth-order valence-electron chi connectivity index (χ4n) is 2.96. The van der Waals surface area contributed by atoms with Crippen molar-refractivity contribution in [3.8, 4) is 5.69 Å². The molecule has 0 fully saturated rings. The summed E-state index contributed by atoms with van der Waals surface area (Å²) in [7, 11) is 0. The standard InChI is InChI=1S/C20H21N3O3/c1-12-5-6-16(9-13(12)2)23-14(3)10-17(15(23)4)19(24)11-26-20(25)18-7-8-21-22-18/h5-10H,11H2,1-4H3,(H,21,22). The number of Topliss-reactive ketones (excluding diaryl/α,β-unsaturated/α-hetero) is 1. The summed E-state index contributed by atoms with van der Waals surface area (Å²) < 4.78 is 7.12. The summed E-state index contributed by atoms with van der Waals surface area (Å²) in [6.07, 6.45) is 1.45. The summed E-state index contributed by atoms with van der Waals surface area (Å²) in [4.78, 5) is 24.4. The van der Waals surface area contributed by atoms with E-state index in [-0.39, 0.29) is 18.1 Å². The molecule has 0 spiro atoms. The number of aromatic amines is 1. The lowest BCUT2D eigenvalue weighted by Crippen LogP contribution is -2.15. The highest BCUT2D eigenvalue weighted by molar-refractivity contribution is 6.00. The van der Waals surface area contributed by atoms with Crippen molar-refractivity contribution in [1.82, 2.24) is 14.8 Å². The van der Waals surface area contributed by atoms with E-state index in [0.29, 0.717) is 5.56 Å². The van der Waals surface area contributed by atoms with Crippen LogP contribution in [0.15, 0.2) is 36.5 Å². The fourth-order valence-corrected chi connectivity index (χ4v) is 2.96. The number of benzene rings is 1. The number of ether oxygens (including phenoxy) is 1. The summed E-state index contributed by atoms with van der Waals surface area (Å²) in [5.41, 5.74) is 5.98. The number of carbonyl (C=O) groups excluding carboxylic acids is 2. The number of nitrogens with one attached hydrogen (secondary N) is 1. The molecule has 0 bridgehead atoms. The number of aryl methyl sites for hydroxylation is 3. The maximum Gasteiger partial charge on any atom is 0.356 e. The number of esters is 1. The van der Waals surface area contributed by atoms with E-state index < -0.39 is 5.97 Å². The topological polar surface area (TPSA) is 77.0 Å². The van der Waals surface area contributed by atoms with Crippen LogP contribution in [-0.4, -0.2) is 33.1 Å². The number of hydrogen-bond acceptors (Lipinski definition) is 4. The zero-order valence-corrected chi connectivity index (χ0v) is 15.3. The van der Waals surface area contributed by atoms with Gasteiger partial charge in [-0.25, -0.2) is 4.79 Å². The molecule has 6 heteroatoms. The second kappa shape index (κ2) is 7.00. The Morgan fingerprint density at radius 2 is 1.85 bits per heavy atom. The lowest BCUT2D eigenvalue weighted by atomic mass is 10.1. The van der Waals surface area contributed by atoms with Crippen molar-refractivity contribution in [2.75, 3.05) is 6.61 Å². The Hall–Kier alpha value is -3.15. The normalized spacial score (nSPS) is 10.8. The highest BCUT2D eigenvalue weighted by Crippen LogP contribution is 2.23. The predicted octanol–water partition coefficient (Wildman–Crippen LogP) is 3.47. The molecule has 1 N–H and O–H groups in total. The number of ketones is 1. The van der Waals surface area contributed by atoms with Gasteiger partial charge in [0.1, 0.15) is 5.69 Å². The van der Waals surface area contributed by atoms with Gasteiger partial charge in [-0.15, -0.1) is 0 Å². The fraction of sp³-hybridized carbons (Fsp3) is 0.250. The van der Waals surface area contributed by atoms with Gasteiger partial charge in [0.2, 0.25) is 5.78 Å². The Morgan fingerprint density at radius 1 is 1.08 bits per heavy atom. The van der Waals surface area contributed by atoms with Gasteiger partial charge in [0.15, 0.2) is 6.61 Å². The quantitative estimate of drug-likeness (QED) is 0.564. The zero-order chi connectivity index (χ0) is 18.8. The van der Waals surface area contributed by atoms with E-state index in [0.717, 1.165) is 17.1 Å². The minimum atomic E-state index is -0.598. The second-order valence-electron chi connectivity index (χ2n) is 6.36. The first kappa shape index (κ1) is 17.7. The molecule has 0 amide bonds. The molecule has 3 aromatic rings. The maximum absolute atomic E-state index is 12.5. The molecule has 2 aromatic heterocycles. The molecule has 0 unspecified atom stereocenters. The number of hydrogen-bond donors (Lipinski definition) is 1. The molecule has 26 heavy (non-hydrogen) atoms. The Labute approximate surface area is 151 Å². The lowest BCUT2D eigenvalue weighted by Gasteiger charge is -2.12. The number of rotatable bonds is 5. The first-order valence-corrected chi connectivity index (χ1v) is 8.34. The molecule has 2 heterocycles. The van der Waals surface area contributed by atoms with E-state index in [1.807, 2.05) is 30.5 Å². The van der Waals surface area contributed by atoms with Crippen LogP contribution < -0.4 is 0 Å². The summed E-state index contributed by atoms with van der Waals surface area (Å²) in [5, 5.41) is 6.21. The summed E-state index contributed by atoms with van der Waals surface area (Å²) in [6, 6.07) is 9.53. The van der Waals surface area contributed by atoms with Gasteiger partial charge in [0, 0.05) is 28.8 Å². The molecule has 0 saturated heterocycles. The van der Waals surface area contributed by atoms with E-state index in [2.05, 4.69) is 36.2 Å². The van der Waals surface area contributed by atoms with Crippen molar-refractivity contribution in [3.05, 3.63) is 70.3 Å². The van der Waals surface area contributed by atoms with E-state index in [9.17, 15) is 9.59 Å². The number of aromatic nitrogens is 3. The molecular weight excluding hydrogens is 330 g/mol. The molecule has 1 aromatic carbocycles. The average molecular weight is 351 g/mol. The second-order valence-corrected chi connectivity index (χ2v) is 6.36. The number of nitrogens with zero attached hydrogens (tertiary/aromatic N) is 2. The Morgan fingerprint density at radius 3 is 2.50 bits per heavy atom. The third kappa shape index (κ3) is 3.31. The van der Waals surface area contributed by atoms with Crippen molar-refractivity contribution >= 4 is 11.8 Å². The van der Waals surface area contributed by atoms with Crippen LogP contribution in [0.25, 0.3) is 5.69 Å². The van der Waals surface area contributed by atoms with Crippen molar-refractivity contribution in [2.45, 2.75) is 27.7 Å². The third-order valence-electron chi connectivity index (χ3n) is 4.54. The maximum atomic E-state index is 12.5. The monoisotopic (exact) mass is 351 g/mol. The molecule has 0 aliphatic rings. The molecule has 0 saturated carbocycles. The zero-order valence-electron chi connectivity index (χ0n) is 15.3. The van der Waals surface area contributed by atoms with Crippen LogP contribution in [0.1, 0.15) is 43.4 Å². The van der Waals surface area contributed by atoms with Crippen LogP contribution in [0.3, 0.4) is 0 Å².